The Hall–Kier alpha value is -3.34. The normalized spacial score (nSPS) is 11.7. The molecule has 0 aliphatic carbocycles. The number of carbonyl (C=O) groups is 3. The summed E-state index contributed by atoms with van der Waals surface area (Å²) in [5.41, 5.74) is 0.903. The number of hydrogen-bond donors (Lipinski definition) is 3. The van der Waals surface area contributed by atoms with Crippen molar-refractivity contribution in [2.24, 2.45) is 5.92 Å². The molecule has 3 aromatic rings. The van der Waals surface area contributed by atoms with Crippen LogP contribution in [0, 0.1) is 5.92 Å². The van der Waals surface area contributed by atoms with E-state index in [1.807, 2.05) is 18.4 Å². The van der Waals surface area contributed by atoms with E-state index >= 15 is 0 Å². The van der Waals surface area contributed by atoms with Gasteiger partial charge in [-0.15, -0.1) is 16.8 Å². The molecule has 1 aromatic heterocycles. The zero-order valence-electron chi connectivity index (χ0n) is 20.8. The molecule has 0 saturated heterocycles. The van der Waals surface area contributed by atoms with Gasteiger partial charge in [0.15, 0.2) is 11.0 Å². The number of anilines is 1. The molecule has 2 aromatic carbocycles. The number of halogens is 2. The number of allylic oxidation sites excluding steroid dienone is 1. The minimum atomic E-state index is -1.04. The van der Waals surface area contributed by atoms with Crippen molar-refractivity contribution in [3.05, 3.63) is 82.1 Å². The van der Waals surface area contributed by atoms with Gasteiger partial charge >= 0.3 is 5.97 Å². The highest BCUT2D eigenvalue weighted by molar-refractivity contribution is 7.99. The lowest BCUT2D eigenvalue weighted by molar-refractivity contribution is -0.113. The molecule has 1 atom stereocenters. The quantitative estimate of drug-likeness (QED) is 0.186. The summed E-state index contributed by atoms with van der Waals surface area (Å²) < 4.78 is 1.81. The summed E-state index contributed by atoms with van der Waals surface area (Å²) in [6, 6.07) is 10.1. The Morgan fingerprint density at radius 3 is 2.45 bits per heavy atom. The van der Waals surface area contributed by atoms with Gasteiger partial charge in [0.25, 0.3) is 5.91 Å². The average Bonchev–Trinajstić information content (AvgIpc) is 3.25. The molecule has 0 fully saturated rings. The first-order chi connectivity index (χ1) is 18.1. The summed E-state index contributed by atoms with van der Waals surface area (Å²) in [4.78, 5) is 36.6. The SMILES string of the molecule is C=CCn1c(SCC(=O)Nc2ccc(C(=O)O)cc2)nnc1[C@H](CC(C)C)NC(=O)c1ccc(Cl)cc1Cl. The van der Waals surface area contributed by atoms with Gasteiger partial charge in [0.05, 0.1) is 27.9 Å². The van der Waals surface area contributed by atoms with Crippen molar-refractivity contribution in [3.8, 4) is 0 Å². The van der Waals surface area contributed by atoms with Crippen molar-refractivity contribution in [1.29, 1.82) is 0 Å². The first-order valence-electron chi connectivity index (χ1n) is 11.6. The molecular weight excluding hydrogens is 549 g/mol. The molecule has 0 unspecified atom stereocenters. The highest BCUT2D eigenvalue weighted by Crippen LogP contribution is 2.27. The molecule has 2 amide bonds. The van der Waals surface area contributed by atoms with Crippen LogP contribution < -0.4 is 10.6 Å². The molecule has 0 spiro atoms. The summed E-state index contributed by atoms with van der Waals surface area (Å²) in [6.45, 7) is 8.25. The number of carbonyl (C=O) groups excluding carboxylic acids is 2. The number of nitrogens with zero attached hydrogens (tertiary/aromatic N) is 3. The van der Waals surface area contributed by atoms with Gasteiger partial charge in [-0.25, -0.2) is 4.79 Å². The van der Waals surface area contributed by atoms with Gasteiger partial charge in [0, 0.05) is 17.3 Å². The highest BCUT2D eigenvalue weighted by atomic mass is 35.5. The third kappa shape index (κ3) is 7.83. The summed E-state index contributed by atoms with van der Waals surface area (Å²) in [7, 11) is 0. The average molecular weight is 577 g/mol. The maximum atomic E-state index is 13.1. The second-order valence-electron chi connectivity index (χ2n) is 8.74. The Morgan fingerprint density at radius 2 is 1.84 bits per heavy atom. The van der Waals surface area contributed by atoms with Crippen molar-refractivity contribution in [2.75, 3.05) is 11.1 Å². The summed E-state index contributed by atoms with van der Waals surface area (Å²) >= 11 is 13.4. The highest BCUT2D eigenvalue weighted by Gasteiger charge is 2.25. The zero-order chi connectivity index (χ0) is 27.8. The van der Waals surface area contributed by atoms with Crippen LogP contribution in [0.5, 0.6) is 0 Å². The van der Waals surface area contributed by atoms with Crippen LogP contribution in [0.1, 0.15) is 52.9 Å². The van der Waals surface area contributed by atoms with Crippen molar-refractivity contribution < 1.29 is 19.5 Å². The Balaban J connectivity index is 1.76. The lowest BCUT2D eigenvalue weighted by Crippen LogP contribution is -2.32. The molecule has 0 aliphatic heterocycles. The molecule has 1 heterocycles. The van der Waals surface area contributed by atoms with Crippen LogP contribution in [0.2, 0.25) is 10.0 Å². The molecule has 0 saturated carbocycles. The molecule has 9 nitrogen and oxygen atoms in total. The fourth-order valence-corrected chi connectivity index (χ4v) is 4.85. The third-order valence-corrected chi connectivity index (χ3v) is 6.82. The minimum absolute atomic E-state index is 0.0392. The molecule has 12 heteroatoms. The van der Waals surface area contributed by atoms with E-state index in [2.05, 4.69) is 27.4 Å². The monoisotopic (exact) mass is 575 g/mol. The number of carboxylic acid groups (broad SMARTS) is 1. The first kappa shape index (κ1) is 29.2. The van der Waals surface area contributed by atoms with E-state index in [-0.39, 0.29) is 34.1 Å². The number of hydrogen-bond acceptors (Lipinski definition) is 6. The van der Waals surface area contributed by atoms with Crippen molar-refractivity contribution in [1.82, 2.24) is 20.1 Å². The van der Waals surface area contributed by atoms with Crippen LogP contribution in [0.3, 0.4) is 0 Å². The molecule has 0 aliphatic rings. The van der Waals surface area contributed by atoms with Crippen LogP contribution in [0.15, 0.2) is 60.3 Å². The standard InChI is InChI=1S/C26H27Cl2N5O4S/c1-4-11-33-23(21(12-15(2)3)30-24(35)19-10-7-17(27)13-20(19)28)31-32-26(33)38-14-22(34)29-18-8-5-16(6-9-18)25(36)37/h4-10,13,15,21H,1,11-12,14H2,2-3H3,(H,29,34)(H,30,35)(H,36,37)/t21-/m0/s1. The lowest BCUT2D eigenvalue weighted by Gasteiger charge is -2.21. The minimum Gasteiger partial charge on any atom is -0.478 e. The fraction of sp³-hybridized carbons (Fsp3) is 0.269. The molecular formula is C26H27Cl2N5O4S. The van der Waals surface area contributed by atoms with Crippen molar-refractivity contribution >= 4 is 58.4 Å². The summed E-state index contributed by atoms with van der Waals surface area (Å²) in [5.74, 6) is -0.907. The molecule has 3 N–H and O–H groups in total. The molecule has 0 bridgehead atoms. The number of thioether (sulfide) groups is 1. The van der Waals surface area contributed by atoms with E-state index in [1.165, 1.54) is 42.1 Å². The van der Waals surface area contributed by atoms with Gasteiger partial charge in [0.1, 0.15) is 0 Å². The molecule has 3 rings (SSSR count). The van der Waals surface area contributed by atoms with Crippen LogP contribution in [-0.4, -0.2) is 43.4 Å². The van der Waals surface area contributed by atoms with E-state index in [1.54, 1.807) is 18.2 Å². The van der Waals surface area contributed by atoms with Gasteiger partial charge in [-0.3, -0.25) is 9.59 Å². The Bertz CT molecular complexity index is 1330. The van der Waals surface area contributed by atoms with E-state index < -0.39 is 12.0 Å². The van der Waals surface area contributed by atoms with Gasteiger partial charge in [-0.1, -0.05) is 54.9 Å². The fourth-order valence-electron chi connectivity index (χ4n) is 3.60. The second-order valence-corrected chi connectivity index (χ2v) is 10.5. The van der Waals surface area contributed by atoms with E-state index in [0.29, 0.717) is 40.2 Å². The number of amides is 2. The largest absolute Gasteiger partial charge is 0.478 e. The van der Waals surface area contributed by atoms with Gasteiger partial charge < -0.3 is 20.3 Å². The predicted octanol–water partition coefficient (Wildman–Crippen LogP) is 5.72. The number of aromatic carboxylic acids is 1. The van der Waals surface area contributed by atoms with Gasteiger partial charge in [0.2, 0.25) is 5.91 Å². The van der Waals surface area contributed by atoms with Crippen LogP contribution in [0.4, 0.5) is 5.69 Å². The number of rotatable bonds is 12. The summed E-state index contributed by atoms with van der Waals surface area (Å²) in [6.07, 6.45) is 2.27. The topological polar surface area (TPSA) is 126 Å². The Morgan fingerprint density at radius 1 is 1.13 bits per heavy atom. The summed E-state index contributed by atoms with van der Waals surface area (Å²) in [5, 5.41) is 24.5. The van der Waals surface area contributed by atoms with Crippen molar-refractivity contribution in [2.45, 2.75) is 38.0 Å². The Kier molecular flexibility index (Phi) is 10.3. The maximum Gasteiger partial charge on any atom is 0.335 e. The van der Waals surface area contributed by atoms with E-state index in [4.69, 9.17) is 28.3 Å². The second kappa shape index (κ2) is 13.5. The first-order valence-corrected chi connectivity index (χ1v) is 13.4. The number of nitrogens with one attached hydrogen (secondary N) is 2. The lowest BCUT2D eigenvalue weighted by atomic mass is 10.0. The molecule has 200 valence electrons. The van der Waals surface area contributed by atoms with Crippen LogP contribution >= 0.6 is 35.0 Å². The number of benzene rings is 2. The van der Waals surface area contributed by atoms with Crippen LogP contribution in [0.25, 0.3) is 0 Å². The predicted molar refractivity (Wildman–Crippen MR) is 149 cm³/mol. The van der Waals surface area contributed by atoms with Gasteiger partial charge in [-0.05, 0) is 54.8 Å². The molecule has 38 heavy (non-hydrogen) atoms. The number of carboxylic acids is 1. The Labute approximate surface area is 234 Å². The van der Waals surface area contributed by atoms with Crippen molar-refractivity contribution in [3.63, 3.8) is 0 Å². The smallest absolute Gasteiger partial charge is 0.335 e. The zero-order valence-corrected chi connectivity index (χ0v) is 23.1. The third-order valence-electron chi connectivity index (χ3n) is 5.30. The van der Waals surface area contributed by atoms with E-state index in [9.17, 15) is 14.4 Å². The van der Waals surface area contributed by atoms with Crippen LogP contribution in [-0.2, 0) is 11.3 Å². The maximum absolute atomic E-state index is 13.1. The number of aromatic nitrogens is 3. The molecule has 0 radical (unpaired) electrons. The van der Waals surface area contributed by atoms with E-state index in [0.717, 1.165) is 0 Å². The van der Waals surface area contributed by atoms with Gasteiger partial charge in [-0.2, -0.15) is 0 Å².